The minimum absolute atomic E-state index is 0.117. The molecule has 24 heteroatoms. The molecule has 1 unspecified atom stereocenters. The largest absolute Gasteiger partial charge is 0.466 e. The number of nitrogens with one attached hydrogen (secondary N) is 1. The van der Waals surface area contributed by atoms with Crippen molar-refractivity contribution in [3.8, 4) is 0 Å². The van der Waals surface area contributed by atoms with Gasteiger partial charge in [-0.05, 0) is 13.3 Å². The molecule has 37 heavy (non-hydrogen) atoms. The summed E-state index contributed by atoms with van der Waals surface area (Å²) in [4.78, 5) is 90.3. The van der Waals surface area contributed by atoms with E-state index in [0.717, 1.165) is 10.8 Å². The molecule has 5 atom stereocenters. The van der Waals surface area contributed by atoms with Crippen LogP contribution in [0.3, 0.4) is 0 Å². The van der Waals surface area contributed by atoms with E-state index < -0.39 is 71.1 Å². The first kappa shape index (κ1) is 35.8. The van der Waals surface area contributed by atoms with Crippen LogP contribution in [0.25, 0.3) is 0 Å². The highest BCUT2D eigenvalue weighted by atomic mass is 31.2. The van der Waals surface area contributed by atoms with E-state index in [1.54, 1.807) is 0 Å². The van der Waals surface area contributed by atoms with Gasteiger partial charge in [0.05, 0.1) is 11.7 Å². The van der Waals surface area contributed by atoms with Gasteiger partial charge in [-0.15, -0.1) is 0 Å². The number of hydrogen-bond donors (Lipinski definition) is 12. The van der Waals surface area contributed by atoms with Crippen LogP contribution in [0.2, 0.25) is 0 Å². The van der Waals surface area contributed by atoms with Crippen molar-refractivity contribution in [2.24, 2.45) is 0 Å². The van der Waals surface area contributed by atoms with Gasteiger partial charge in [-0.3, -0.25) is 14.3 Å². The Balaban J connectivity index is 0.000000711. The second-order valence-corrected chi connectivity index (χ2v) is 10.4. The zero-order chi connectivity index (χ0) is 29.7. The Kier molecular flexibility index (Phi) is 12.8. The van der Waals surface area contributed by atoms with Gasteiger partial charge >= 0.3 is 29.2 Å². The quantitative estimate of drug-likeness (QED) is 0.147. The van der Waals surface area contributed by atoms with Crippen molar-refractivity contribution in [2.45, 2.75) is 56.1 Å². The molecular formula is C13H25F2N2O17P3. The zero-order valence-electron chi connectivity index (χ0n) is 18.3. The lowest BCUT2D eigenvalue weighted by Gasteiger charge is -2.37. The average Bonchev–Trinajstić information content (AvgIpc) is 2.86. The van der Waals surface area contributed by atoms with Crippen molar-refractivity contribution in [3.63, 3.8) is 0 Å². The molecule has 1 aromatic rings. The summed E-state index contributed by atoms with van der Waals surface area (Å²) in [5.41, 5.74) is -1.91. The van der Waals surface area contributed by atoms with Crippen molar-refractivity contribution < 1.29 is 81.5 Å². The molecule has 12 N–H and O–H groups in total. The fraction of sp³-hybridized carbons (Fsp3) is 0.692. The number of nitrogens with zero attached hydrogens (tertiary/aromatic N) is 1. The van der Waals surface area contributed by atoms with E-state index in [-0.39, 0.29) is 18.4 Å². The lowest BCUT2D eigenvalue weighted by atomic mass is 9.87. The lowest BCUT2D eigenvalue weighted by molar-refractivity contribution is -0.124. The van der Waals surface area contributed by atoms with Crippen LogP contribution < -0.4 is 11.2 Å². The Morgan fingerprint density at radius 3 is 1.59 bits per heavy atom. The van der Waals surface area contributed by atoms with E-state index in [2.05, 4.69) is 0 Å². The molecule has 0 bridgehead atoms. The number of phosphoric acid groups is 3. The highest BCUT2D eigenvalue weighted by molar-refractivity contribution is 7.45. The number of H-pyrrole nitrogens is 1. The highest BCUT2D eigenvalue weighted by Gasteiger charge is 2.50. The third-order valence-corrected chi connectivity index (χ3v) is 4.38. The Bertz CT molecular complexity index is 1080. The number of rotatable bonds is 2. The molecule has 1 aliphatic carbocycles. The molecule has 2 aliphatic rings. The maximum absolute atomic E-state index is 13.5. The van der Waals surface area contributed by atoms with Gasteiger partial charge in [0.2, 0.25) is 0 Å². The predicted molar refractivity (Wildman–Crippen MR) is 113 cm³/mol. The van der Waals surface area contributed by atoms with Crippen molar-refractivity contribution >= 4 is 23.5 Å². The van der Waals surface area contributed by atoms with E-state index in [4.69, 9.17) is 62.5 Å². The first-order valence-corrected chi connectivity index (χ1v) is 14.0. The van der Waals surface area contributed by atoms with Gasteiger partial charge in [0.25, 0.3) is 11.5 Å². The minimum atomic E-state index is -4.64. The highest BCUT2D eigenvalue weighted by Crippen LogP contribution is 2.46. The van der Waals surface area contributed by atoms with Crippen LogP contribution in [-0.2, 0) is 18.4 Å². The summed E-state index contributed by atoms with van der Waals surface area (Å²) in [5.74, 6) is -3.01. The second kappa shape index (κ2) is 13.2. The van der Waals surface area contributed by atoms with Crippen LogP contribution in [0.4, 0.5) is 8.78 Å². The molecule has 0 amide bonds. The molecule has 2 fully saturated rings. The molecule has 1 saturated carbocycles. The fourth-order valence-electron chi connectivity index (χ4n) is 2.88. The zero-order valence-corrected chi connectivity index (χ0v) is 21.0. The van der Waals surface area contributed by atoms with E-state index in [0.29, 0.717) is 0 Å². The number of ether oxygens (including phenoxy) is 1. The molecule has 3 rings (SSSR count). The number of aliphatic hydroxyl groups excluding tert-OH is 2. The SMILES string of the molecule is C[C@H]1O[C@@H](c2cn(C3CCC3(F)F)c(=O)[nH]c2=O)[C@H](O)[C@@H]1O.O=P(O)(O)O.O=P(O)(O)O.O=P(O)(O)O. The molecule has 19 nitrogen and oxygen atoms in total. The Morgan fingerprint density at radius 1 is 0.919 bits per heavy atom. The van der Waals surface area contributed by atoms with Crippen molar-refractivity contribution in [2.75, 3.05) is 0 Å². The lowest BCUT2D eigenvalue weighted by Crippen LogP contribution is -2.47. The summed E-state index contributed by atoms with van der Waals surface area (Å²) in [6.45, 7) is 1.51. The van der Waals surface area contributed by atoms with Gasteiger partial charge in [-0.2, -0.15) is 0 Å². The molecule has 0 radical (unpaired) electrons. The topological polar surface area (TPSA) is 338 Å². The number of aromatic nitrogens is 2. The van der Waals surface area contributed by atoms with Gasteiger partial charge in [-0.25, -0.2) is 27.3 Å². The number of aliphatic hydroxyl groups is 2. The number of hydrogen-bond acceptors (Lipinski definition) is 8. The Hall–Kier alpha value is -1.25. The van der Waals surface area contributed by atoms with E-state index in [9.17, 15) is 28.6 Å². The third-order valence-electron chi connectivity index (χ3n) is 4.38. The fourth-order valence-corrected chi connectivity index (χ4v) is 2.88. The third kappa shape index (κ3) is 14.5. The van der Waals surface area contributed by atoms with Crippen LogP contribution in [0.1, 0.15) is 37.5 Å². The summed E-state index contributed by atoms with van der Waals surface area (Å²) in [6.07, 6.45) is -3.67. The van der Waals surface area contributed by atoms with Crippen LogP contribution in [0.5, 0.6) is 0 Å². The molecule has 0 spiro atoms. The molecule has 218 valence electrons. The Morgan fingerprint density at radius 2 is 1.32 bits per heavy atom. The van der Waals surface area contributed by atoms with Crippen molar-refractivity contribution in [1.82, 2.24) is 9.55 Å². The van der Waals surface area contributed by atoms with Crippen molar-refractivity contribution in [3.05, 3.63) is 32.6 Å². The minimum Gasteiger partial charge on any atom is -0.388 e. The normalized spacial score (nSPS) is 26.8. The average molecular weight is 612 g/mol. The van der Waals surface area contributed by atoms with Gasteiger partial charge in [-0.1, -0.05) is 0 Å². The first-order valence-electron chi connectivity index (χ1n) is 9.32. The monoisotopic (exact) mass is 612 g/mol. The molecular weight excluding hydrogens is 587 g/mol. The molecule has 1 aromatic heterocycles. The Labute approximate surface area is 204 Å². The van der Waals surface area contributed by atoms with Gasteiger partial charge in [0.15, 0.2) is 0 Å². The van der Waals surface area contributed by atoms with Gasteiger partial charge < -0.3 is 59.0 Å². The summed E-state index contributed by atoms with van der Waals surface area (Å²) in [6, 6.07) is -1.32. The van der Waals surface area contributed by atoms with Crippen molar-refractivity contribution in [1.29, 1.82) is 0 Å². The summed E-state index contributed by atoms with van der Waals surface area (Å²) in [7, 11) is -13.9. The number of alkyl halides is 2. The first-order chi connectivity index (χ1) is 16.2. The van der Waals surface area contributed by atoms with E-state index >= 15 is 0 Å². The summed E-state index contributed by atoms with van der Waals surface area (Å²) < 4.78 is 59.7. The van der Waals surface area contributed by atoms with E-state index in [1.807, 2.05) is 4.98 Å². The predicted octanol–water partition coefficient (Wildman–Crippen LogP) is -3.10. The molecule has 0 aromatic carbocycles. The van der Waals surface area contributed by atoms with Gasteiger partial charge in [0, 0.05) is 12.6 Å². The second-order valence-electron chi connectivity index (χ2n) is 7.35. The van der Waals surface area contributed by atoms with E-state index in [1.165, 1.54) is 6.92 Å². The summed E-state index contributed by atoms with van der Waals surface area (Å²) >= 11 is 0. The molecule has 1 saturated heterocycles. The van der Waals surface area contributed by atoms with Crippen LogP contribution >= 0.6 is 23.5 Å². The maximum atomic E-state index is 13.5. The molecule has 2 heterocycles. The van der Waals surface area contributed by atoms with Crippen LogP contribution in [0, 0.1) is 0 Å². The van der Waals surface area contributed by atoms with Gasteiger partial charge in [0.1, 0.15) is 24.4 Å². The smallest absolute Gasteiger partial charge is 0.388 e. The molecule has 1 aliphatic heterocycles. The number of aromatic amines is 1. The summed E-state index contributed by atoms with van der Waals surface area (Å²) in [5, 5.41) is 19.6. The standard InChI is InChI=1S/C13H16F2N2O5.3H3O4P/c1-5-8(18)9(19)10(22-5)6-4-17(12(21)16-11(6)20)7-2-3-13(7,14)15;3*1-5(2,3)4/h4-5,7-10,18-19H,2-3H2,1H3,(H,16,20,21);3*(H3,1,2,3,4)/t5-,7?,8-,9-,10+;;;/m1.../s1. The maximum Gasteiger partial charge on any atom is 0.466 e. The number of halogens is 2. The van der Waals surface area contributed by atoms with Crippen LogP contribution in [0.15, 0.2) is 15.8 Å². The van der Waals surface area contributed by atoms with Crippen LogP contribution in [-0.4, -0.2) is 88.0 Å².